The molecule has 1 unspecified atom stereocenters. The Morgan fingerprint density at radius 1 is 1.24 bits per heavy atom. The zero-order chi connectivity index (χ0) is 15.5. The van der Waals surface area contributed by atoms with E-state index in [9.17, 15) is 8.42 Å². The van der Waals surface area contributed by atoms with Crippen LogP contribution in [0.4, 0.5) is 0 Å². The zero-order valence-corrected chi connectivity index (χ0v) is 14.2. The molecule has 1 heterocycles. The summed E-state index contributed by atoms with van der Waals surface area (Å²) in [5.41, 5.74) is 2.18. The molecular weight excluding hydrogens is 302 g/mol. The van der Waals surface area contributed by atoms with Gasteiger partial charge in [0, 0.05) is 11.1 Å². The zero-order valence-electron chi connectivity index (χ0n) is 12.6. The van der Waals surface area contributed by atoms with Gasteiger partial charge in [-0.25, -0.2) is 8.42 Å². The van der Waals surface area contributed by atoms with Crippen molar-refractivity contribution in [1.82, 2.24) is 5.32 Å². The Balaban J connectivity index is 2.41. The predicted molar refractivity (Wildman–Crippen MR) is 88.7 cm³/mol. The minimum Gasteiger partial charge on any atom is -0.306 e. The lowest BCUT2D eigenvalue weighted by Crippen LogP contribution is -2.23. The van der Waals surface area contributed by atoms with Crippen LogP contribution in [0, 0.1) is 6.92 Å². The molecule has 2 rings (SSSR count). The third kappa shape index (κ3) is 4.15. The molecule has 3 nitrogen and oxygen atoms in total. The number of rotatable bonds is 6. The van der Waals surface area contributed by atoms with Gasteiger partial charge in [-0.05, 0) is 54.6 Å². The van der Waals surface area contributed by atoms with Crippen LogP contribution in [0.2, 0.25) is 0 Å². The average Bonchev–Trinajstić information content (AvgIpc) is 2.85. The quantitative estimate of drug-likeness (QED) is 0.884. The summed E-state index contributed by atoms with van der Waals surface area (Å²) in [6, 6.07) is 9.41. The molecule has 114 valence electrons. The van der Waals surface area contributed by atoms with Crippen LogP contribution in [0.3, 0.4) is 0 Å². The maximum atomic E-state index is 11.7. The van der Waals surface area contributed by atoms with Crippen molar-refractivity contribution in [3.8, 4) is 0 Å². The number of aryl methyl sites for hydroxylation is 1. The molecule has 0 aliphatic heterocycles. The fourth-order valence-electron chi connectivity index (χ4n) is 2.26. The molecule has 0 fully saturated rings. The fraction of sp³-hybridized carbons (Fsp3) is 0.375. The van der Waals surface area contributed by atoms with Crippen molar-refractivity contribution in [3.05, 3.63) is 51.7 Å². The molecule has 0 saturated heterocycles. The Hall–Kier alpha value is -1.17. The van der Waals surface area contributed by atoms with Crippen molar-refractivity contribution >= 4 is 21.2 Å². The van der Waals surface area contributed by atoms with Gasteiger partial charge < -0.3 is 5.32 Å². The lowest BCUT2D eigenvalue weighted by molar-refractivity contribution is 0.594. The second kappa shape index (κ2) is 6.73. The average molecular weight is 323 g/mol. The summed E-state index contributed by atoms with van der Waals surface area (Å²) < 4.78 is 23.5. The van der Waals surface area contributed by atoms with Crippen LogP contribution < -0.4 is 5.32 Å². The van der Waals surface area contributed by atoms with E-state index in [-0.39, 0.29) is 6.04 Å². The Bertz CT molecular complexity index is 705. The predicted octanol–water partition coefficient (Wildman–Crippen LogP) is 3.55. The number of benzene rings is 1. The summed E-state index contributed by atoms with van der Waals surface area (Å²) in [6.07, 6.45) is 2.28. The van der Waals surface area contributed by atoms with E-state index < -0.39 is 9.84 Å². The molecule has 5 heteroatoms. The second-order valence-corrected chi connectivity index (χ2v) is 8.35. The highest BCUT2D eigenvalue weighted by molar-refractivity contribution is 7.90. The SMILES string of the molecule is CCCNC(c1cccc(S(C)(=O)=O)c1)c1csc(C)c1. The number of hydrogen-bond donors (Lipinski definition) is 1. The smallest absolute Gasteiger partial charge is 0.175 e. The number of hydrogen-bond acceptors (Lipinski definition) is 4. The molecule has 0 amide bonds. The molecule has 1 aromatic heterocycles. The molecule has 0 bridgehead atoms. The highest BCUT2D eigenvalue weighted by Gasteiger charge is 2.17. The molecule has 1 atom stereocenters. The Morgan fingerprint density at radius 3 is 2.57 bits per heavy atom. The van der Waals surface area contributed by atoms with Gasteiger partial charge in [0.15, 0.2) is 9.84 Å². The highest BCUT2D eigenvalue weighted by atomic mass is 32.2. The Morgan fingerprint density at radius 2 is 2.00 bits per heavy atom. The minimum absolute atomic E-state index is 0.0385. The van der Waals surface area contributed by atoms with Crippen LogP contribution >= 0.6 is 11.3 Å². The molecule has 0 saturated carbocycles. The molecule has 0 radical (unpaired) electrons. The first-order chi connectivity index (χ1) is 9.91. The van der Waals surface area contributed by atoms with E-state index in [0.717, 1.165) is 18.5 Å². The molecule has 1 aromatic carbocycles. The van der Waals surface area contributed by atoms with Crippen molar-refractivity contribution in [3.63, 3.8) is 0 Å². The van der Waals surface area contributed by atoms with Crippen LogP contribution in [0.1, 0.15) is 35.4 Å². The number of thiophene rings is 1. The Kier molecular flexibility index (Phi) is 5.19. The van der Waals surface area contributed by atoms with Crippen molar-refractivity contribution in [2.45, 2.75) is 31.2 Å². The van der Waals surface area contributed by atoms with Crippen LogP contribution in [-0.2, 0) is 9.84 Å². The molecule has 21 heavy (non-hydrogen) atoms. The van der Waals surface area contributed by atoms with E-state index in [0.29, 0.717) is 4.90 Å². The molecule has 1 N–H and O–H groups in total. The minimum atomic E-state index is -3.18. The van der Waals surface area contributed by atoms with Gasteiger partial charge in [-0.2, -0.15) is 0 Å². The van der Waals surface area contributed by atoms with Crippen LogP contribution in [0.25, 0.3) is 0 Å². The maximum absolute atomic E-state index is 11.7. The third-order valence-corrected chi connectivity index (χ3v) is 5.29. The summed E-state index contributed by atoms with van der Waals surface area (Å²) in [5, 5.41) is 5.64. The molecule has 2 aromatic rings. The molecular formula is C16H21NO2S2. The van der Waals surface area contributed by atoms with Crippen molar-refractivity contribution in [2.24, 2.45) is 0 Å². The summed E-state index contributed by atoms with van der Waals surface area (Å²) >= 11 is 1.71. The van der Waals surface area contributed by atoms with Gasteiger partial charge >= 0.3 is 0 Å². The van der Waals surface area contributed by atoms with E-state index in [2.05, 4.69) is 30.6 Å². The number of sulfone groups is 1. The lowest BCUT2D eigenvalue weighted by atomic mass is 10.0. The second-order valence-electron chi connectivity index (χ2n) is 5.22. The molecule has 0 aliphatic rings. The van der Waals surface area contributed by atoms with E-state index in [1.165, 1.54) is 16.7 Å². The van der Waals surface area contributed by atoms with E-state index in [1.807, 2.05) is 12.1 Å². The largest absolute Gasteiger partial charge is 0.306 e. The highest BCUT2D eigenvalue weighted by Crippen LogP contribution is 2.27. The Labute approximate surface area is 130 Å². The van der Waals surface area contributed by atoms with Gasteiger partial charge in [0.25, 0.3) is 0 Å². The van der Waals surface area contributed by atoms with Crippen LogP contribution in [0.15, 0.2) is 40.6 Å². The third-order valence-electron chi connectivity index (χ3n) is 3.30. The van der Waals surface area contributed by atoms with Gasteiger partial charge in [0.05, 0.1) is 10.9 Å². The maximum Gasteiger partial charge on any atom is 0.175 e. The number of nitrogens with one attached hydrogen (secondary N) is 1. The van der Waals surface area contributed by atoms with Gasteiger partial charge in [-0.15, -0.1) is 11.3 Å². The van der Waals surface area contributed by atoms with Gasteiger partial charge in [0.2, 0.25) is 0 Å². The first-order valence-corrected chi connectivity index (χ1v) is 9.77. The fourth-order valence-corrected chi connectivity index (χ4v) is 3.66. The van der Waals surface area contributed by atoms with Crippen LogP contribution in [0.5, 0.6) is 0 Å². The van der Waals surface area contributed by atoms with Gasteiger partial charge in [0.1, 0.15) is 0 Å². The van der Waals surface area contributed by atoms with Crippen molar-refractivity contribution in [1.29, 1.82) is 0 Å². The first-order valence-electron chi connectivity index (χ1n) is 7.00. The molecule has 0 spiro atoms. The van der Waals surface area contributed by atoms with Gasteiger partial charge in [-0.3, -0.25) is 0 Å². The summed E-state index contributed by atoms with van der Waals surface area (Å²) in [5.74, 6) is 0. The normalized spacial score (nSPS) is 13.3. The summed E-state index contributed by atoms with van der Waals surface area (Å²) in [4.78, 5) is 1.63. The topological polar surface area (TPSA) is 46.2 Å². The van der Waals surface area contributed by atoms with E-state index in [1.54, 1.807) is 23.5 Å². The summed E-state index contributed by atoms with van der Waals surface area (Å²) in [6.45, 7) is 5.09. The van der Waals surface area contributed by atoms with E-state index >= 15 is 0 Å². The van der Waals surface area contributed by atoms with E-state index in [4.69, 9.17) is 0 Å². The van der Waals surface area contributed by atoms with Crippen molar-refractivity contribution in [2.75, 3.05) is 12.8 Å². The van der Waals surface area contributed by atoms with Crippen molar-refractivity contribution < 1.29 is 8.42 Å². The van der Waals surface area contributed by atoms with Gasteiger partial charge in [-0.1, -0.05) is 19.1 Å². The molecule has 0 aliphatic carbocycles. The first kappa shape index (κ1) is 16.2. The standard InChI is InChI=1S/C16H21NO2S2/c1-4-8-17-16(14-9-12(2)20-11-14)13-6-5-7-15(10-13)21(3,18)19/h5-7,9-11,16-17H,4,8H2,1-3H3. The lowest BCUT2D eigenvalue weighted by Gasteiger charge is -2.18. The summed E-state index contributed by atoms with van der Waals surface area (Å²) in [7, 11) is -3.18. The monoisotopic (exact) mass is 323 g/mol. The van der Waals surface area contributed by atoms with Crippen LogP contribution in [-0.4, -0.2) is 21.2 Å².